The predicted octanol–water partition coefficient (Wildman–Crippen LogP) is 2.48. The van der Waals surface area contributed by atoms with E-state index in [2.05, 4.69) is 0 Å². The fourth-order valence-corrected chi connectivity index (χ4v) is 1.75. The lowest BCUT2D eigenvalue weighted by molar-refractivity contribution is -0.137. The zero-order chi connectivity index (χ0) is 15.1. The van der Waals surface area contributed by atoms with Crippen LogP contribution in [0.25, 0.3) is 6.08 Å². The van der Waals surface area contributed by atoms with Gasteiger partial charge < -0.3 is 14.2 Å². The molecule has 0 unspecified atom stereocenters. The molecule has 0 saturated carbocycles. The Kier molecular flexibility index (Phi) is 5.77. The molecule has 1 aromatic carbocycles. The Bertz CT molecular complexity index is 531. The van der Waals surface area contributed by atoms with Crippen LogP contribution in [0.1, 0.15) is 29.8 Å². The third-order valence-electron chi connectivity index (χ3n) is 2.62. The maximum atomic E-state index is 11.5. The van der Waals surface area contributed by atoms with Gasteiger partial charge in [0, 0.05) is 11.6 Å². The van der Waals surface area contributed by atoms with Gasteiger partial charge in [-0.05, 0) is 26.0 Å². The van der Waals surface area contributed by atoms with E-state index in [-0.39, 0.29) is 5.78 Å². The van der Waals surface area contributed by atoms with E-state index < -0.39 is 5.97 Å². The van der Waals surface area contributed by atoms with Crippen molar-refractivity contribution in [2.24, 2.45) is 0 Å². The lowest BCUT2D eigenvalue weighted by Gasteiger charge is -2.13. The second-order valence-corrected chi connectivity index (χ2v) is 3.91. The lowest BCUT2D eigenvalue weighted by Crippen LogP contribution is -2.02. The van der Waals surface area contributed by atoms with Crippen molar-refractivity contribution in [2.45, 2.75) is 13.8 Å². The standard InChI is InChI=1S/C15H18O5/c1-5-20-13(17)9-7-11-6-8-12(10(2)16)15(19-4)14(11)18-3/h6-9H,5H2,1-4H3/b9-7+. The van der Waals surface area contributed by atoms with Crippen molar-refractivity contribution in [3.05, 3.63) is 29.3 Å². The molecule has 0 radical (unpaired) electrons. The molecule has 108 valence electrons. The number of ether oxygens (including phenoxy) is 3. The van der Waals surface area contributed by atoms with Crippen molar-refractivity contribution in [2.75, 3.05) is 20.8 Å². The van der Waals surface area contributed by atoms with Crippen LogP contribution < -0.4 is 9.47 Å². The summed E-state index contributed by atoms with van der Waals surface area (Å²) in [4.78, 5) is 22.8. The van der Waals surface area contributed by atoms with Crippen molar-refractivity contribution in [1.29, 1.82) is 0 Å². The van der Waals surface area contributed by atoms with Crippen LogP contribution in [-0.2, 0) is 9.53 Å². The lowest BCUT2D eigenvalue weighted by atomic mass is 10.1. The van der Waals surface area contributed by atoms with E-state index >= 15 is 0 Å². The number of Topliss-reactive ketones (excluding diaryl/α,β-unsaturated/α-hetero) is 1. The maximum absolute atomic E-state index is 11.5. The monoisotopic (exact) mass is 278 g/mol. The summed E-state index contributed by atoms with van der Waals surface area (Å²) in [6.45, 7) is 3.50. The number of benzene rings is 1. The molecule has 0 spiro atoms. The molecule has 0 amide bonds. The van der Waals surface area contributed by atoms with Gasteiger partial charge in [-0.3, -0.25) is 4.79 Å². The van der Waals surface area contributed by atoms with Gasteiger partial charge in [-0.25, -0.2) is 4.79 Å². The van der Waals surface area contributed by atoms with Crippen LogP contribution in [0.2, 0.25) is 0 Å². The Hall–Kier alpha value is -2.30. The molecule has 0 saturated heterocycles. The van der Waals surface area contributed by atoms with Gasteiger partial charge >= 0.3 is 5.97 Å². The first-order valence-corrected chi connectivity index (χ1v) is 6.15. The highest BCUT2D eigenvalue weighted by molar-refractivity contribution is 5.98. The average Bonchev–Trinajstić information content (AvgIpc) is 2.43. The van der Waals surface area contributed by atoms with Crippen molar-refractivity contribution < 1.29 is 23.8 Å². The van der Waals surface area contributed by atoms with Gasteiger partial charge in [0.2, 0.25) is 0 Å². The number of carbonyl (C=O) groups is 2. The minimum Gasteiger partial charge on any atom is -0.492 e. The topological polar surface area (TPSA) is 61.8 Å². The zero-order valence-corrected chi connectivity index (χ0v) is 12.1. The van der Waals surface area contributed by atoms with E-state index in [1.54, 1.807) is 25.1 Å². The van der Waals surface area contributed by atoms with Gasteiger partial charge in [0.05, 0.1) is 26.4 Å². The summed E-state index contributed by atoms with van der Waals surface area (Å²) in [5.41, 5.74) is 1.06. The van der Waals surface area contributed by atoms with Gasteiger partial charge in [-0.1, -0.05) is 6.07 Å². The van der Waals surface area contributed by atoms with Crippen molar-refractivity contribution in [3.63, 3.8) is 0 Å². The zero-order valence-electron chi connectivity index (χ0n) is 12.1. The van der Waals surface area contributed by atoms with E-state index in [0.717, 1.165) is 0 Å². The van der Waals surface area contributed by atoms with Gasteiger partial charge in [-0.2, -0.15) is 0 Å². The summed E-state index contributed by atoms with van der Waals surface area (Å²) in [7, 11) is 2.94. The molecule has 20 heavy (non-hydrogen) atoms. The molecule has 5 heteroatoms. The van der Waals surface area contributed by atoms with Crippen molar-refractivity contribution in [1.82, 2.24) is 0 Å². The van der Waals surface area contributed by atoms with Crippen molar-refractivity contribution in [3.8, 4) is 11.5 Å². The average molecular weight is 278 g/mol. The summed E-state index contributed by atoms with van der Waals surface area (Å²) in [6.07, 6.45) is 2.86. The molecule has 0 heterocycles. The summed E-state index contributed by atoms with van der Waals surface area (Å²) < 4.78 is 15.3. The molecule has 1 rings (SSSR count). The molecular formula is C15H18O5. The second kappa shape index (κ2) is 7.33. The molecule has 0 atom stereocenters. The van der Waals surface area contributed by atoms with Crippen LogP contribution in [0.5, 0.6) is 11.5 Å². The Balaban J connectivity index is 3.22. The van der Waals surface area contributed by atoms with E-state index in [4.69, 9.17) is 14.2 Å². The van der Waals surface area contributed by atoms with Crippen LogP contribution in [0, 0.1) is 0 Å². The number of ketones is 1. The Morgan fingerprint density at radius 3 is 2.30 bits per heavy atom. The molecule has 0 aliphatic rings. The summed E-state index contributed by atoms with van der Waals surface area (Å²) in [5.74, 6) is 0.192. The van der Waals surface area contributed by atoms with Crippen LogP contribution >= 0.6 is 0 Å². The van der Waals surface area contributed by atoms with Gasteiger partial charge in [-0.15, -0.1) is 0 Å². The molecule has 0 bridgehead atoms. The smallest absolute Gasteiger partial charge is 0.330 e. The summed E-state index contributed by atoms with van der Waals surface area (Å²) >= 11 is 0. The SMILES string of the molecule is CCOC(=O)/C=C/c1ccc(C(C)=O)c(OC)c1OC. The summed E-state index contributed by atoms with van der Waals surface area (Å²) in [6, 6.07) is 3.32. The van der Waals surface area contributed by atoms with Crippen LogP contribution in [0.4, 0.5) is 0 Å². The fourth-order valence-electron chi connectivity index (χ4n) is 1.75. The Morgan fingerprint density at radius 1 is 1.15 bits per heavy atom. The highest BCUT2D eigenvalue weighted by atomic mass is 16.5. The first-order chi connectivity index (χ1) is 9.54. The Labute approximate surface area is 118 Å². The summed E-state index contributed by atoms with van der Waals surface area (Å²) in [5, 5.41) is 0. The van der Waals surface area contributed by atoms with Crippen LogP contribution in [0.15, 0.2) is 18.2 Å². The highest BCUT2D eigenvalue weighted by Gasteiger charge is 2.16. The Morgan fingerprint density at radius 2 is 1.80 bits per heavy atom. The quantitative estimate of drug-likeness (QED) is 0.454. The molecular weight excluding hydrogens is 260 g/mol. The van der Waals surface area contributed by atoms with Crippen LogP contribution in [0.3, 0.4) is 0 Å². The largest absolute Gasteiger partial charge is 0.492 e. The van der Waals surface area contributed by atoms with Crippen LogP contribution in [-0.4, -0.2) is 32.6 Å². The molecule has 0 aliphatic heterocycles. The number of esters is 1. The third kappa shape index (κ3) is 3.60. The van der Waals surface area contributed by atoms with E-state index in [9.17, 15) is 9.59 Å². The number of hydrogen-bond donors (Lipinski definition) is 0. The molecule has 0 N–H and O–H groups in total. The molecule has 5 nitrogen and oxygen atoms in total. The maximum Gasteiger partial charge on any atom is 0.330 e. The molecule has 0 aromatic heterocycles. The number of hydrogen-bond acceptors (Lipinski definition) is 5. The first-order valence-electron chi connectivity index (χ1n) is 6.15. The number of carbonyl (C=O) groups excluding carboxylic acids is 2. The molecule has 1 aromatic rings. The van der Waals surface area contributed by atoms with Gasteiger partial charge in [0.15, 0.2) is 17.3 Å². The highest BCUT2D eigenvalue weighted by Crippen LogP contribution is 2.35. The van der Waals surface area contributed by atoms with Gasteiger partial charge in [0.25, 0.3) is 0 Å². The fraction of sp³-hybridized carbons (Fsp3) is 0.333. The second-order valence-electron chi connectivity index (χ2n) is 3.91. The minimum atomic E-state index is -0.441. The first kappa shape index (κ1) is 15.8. The van der Waals surface area contributed by atoms with E-state index in [1.165, 1.54) is 27.2 Å². The minimum absolute atomic E-state index is 0.124. The van der Waals surface area contributed by atoms with Crippen molar-refractivity contribution >= 4 is 17.8 Å². The molecule has 0 fully saturated rings. The third-order valence-corrected chi connectivity index (χ3v) is 2.62. The van der Waals surface area contributed by atoms with Gasteiger partial charge in [0.1, 0.15) is 0 Å². The molecule has 0 aliphatic carbocycles. The number of methoxy groups -OCH3 is 2. The van der Waals surface area contributed by atoms with E-state index in [1.807, 2.05) is 0 Å². The van der Waals surface area contributed by atoms with E-state index in [0.29, 0.717) is 29.2 Å². The number of rotatable bonds is 6. The normalized spacial score (nSPS) is 10.4. The predicted molar refractivity (Wildman–Crippen MR) is 75.2 cm³/mol.